The maximum absolute atomic E-state index is 12.6. The first kappa shape index (κ1) is 22.2. The number of hydrogen-bond donors (Lipinski definition) is 1. The van der Waals surface area contributed by atoms with Gasteiger partial charge in [0.2, 0.25) is 0 Å². The number of fused-ring (bicyclic) bond motifs is 6. The van der Waals surface area contributed by atoms with Gasteiger partial charge in [-0.1, -0.05) is 46.3 Å². The molecule has 0 amide bonds. The minimum atomic E-state index is -0.0858. The van der Waals surface area contributed by atoms with E-state index in [9.17, 15) is 9.90 Å². The Labute approximate surface area is 190 Å². The molecule has 4 saturated carbocycles. The lowest BCUT2D eigenvalue weighted by molar-refractivity contribution is -0.121. The molecule has 5 aliphatic carbocycles. The number of carbonyl (C=O) groups is 1. The molecular weight excluding hydrogens is 380 g/mol. The highest BCUT2D eigenvalue weighted by atomic mass is 16.3. The van der Waals surface area contributed by atoms with Gasteiger partial charge in [-0.15, -0.1) is 0 Å². The molecule has 31 heavy (non-hydrogen) atoms. The van der Waals surface area contributed by atoms with Crippen molar-refractivity contribution in [3.63, 3.8) is 0 Å². The summed E-state index contributed by atoms with van der Waals surface area (Å²) in [5.41, 5.74) is 2.59. The van der Waals surface area contributed by atoms with Gasteiger partial charge in [-0.2, -0.15) is 0 Å². The zero-order chi connectivity index (χ0) is 22.2. The van der Waals surface area contributed by atoms with Gasteiger partial charge in [0, 0.05) is 18.3 Å². The first-order valence-corrected chi connectivity index (χ1v) is 13.5. The van der Waals surface area contributed by atoms with Crippen LogP contribution in [0.4, 0.5) is 0 Å². The van der Waals surface area contributed by atoms with Gasteiger partial charge in [0.15, 0.2) is 0 Å². The predicted molar refractivity (Wildman–Crippen MR) is 126 cm³/mol. The molecule has 1 N–H and O–H groups in total. The molecule has 0 aromatic heterocycles. The lowest BCUT2D eigenvalue weighted by Gasteiger charge is -2.60. The van der Waals surface area contributed by atoms with Crippen molar-refractivity contribution in [1.29, 1.82) is 0 Å². The molecule has 0 unspecified atom stereocenters. The molecule has 5 aliphatic rings. The predicted octanol–water partition coefficient (Wildman–Crippen LogP) is 6.96. The average Bonchev–Trinajstić information content (AvgIpc) is 3.39. The van der Waals surface area contributed by atoms with Crippen LogP contribution in [0.25, 0.3) is 0 Å². The second-order valence-electron chi connectivity index (χ2n) is 13.4. The van der Waals surface area contributed by atoms with Crippen molar-refractivity contribution in [3.8, 4) is 0 Å². The summed E-state index contributed by atoms with van der Waals surface area (Å²) in [5.74, 6) is 4.68. The molecule has 4 fully saturated rings. The number of aliphatic hydroxyl groups excluding tert-OH is 1. The molecule has 0 heterocycles. The lowest BCUT2D eigenvalue weighted by Crippen LogP contribution is -2.53. The third-order valence-corrected chi connectivity index (χ3v) is 11.3. The number of Topliss-reactive ketones (excluding diaryl/α,β-unsaturated/α-hetero) is 1. The Kier molecular flexibility index (Phi) is 5.32. The van der Waals surface area contributed by atoms with E-state index in [1.807, 2.05) is 0 Å². The smallest absolute Gasteiger partial charge is 0.133 e. The number of allylic oxidation sites excluding steroid dienone is 1. The Hall–Kier alpha value is -0.630. The molecule has 0 radical (unpaired) electrons. The summed E-state index contributed by atoms with van der Waals surface area (Å²) in [6.45, 7) is 11.9. The molecule has 0 aromatic rings. The van der Waals surface area contributed by atoms with Crippen molar-refractivity contribution in [1.82, 2.24) is 0 Å². The van der Waals surface area contributed by atoms with Gasteiger partial charge >= 0.3 is 0 Å². The highest BCUT2D eigenvalue weighted by molar-refractivity contribution is 5.78. The van der Waals surface area contributed by atoms with E-state index in [0.29, 0.717) is 28.4 Å². The molecule has 8 atom stereocenters. The van der Waals surface area contributed by atoms with E-state index in [1.165, 1.54) is 51.4 Å². The van der Waals surface area contributed by atoms with E-state index in [0.717, 1.165) is 42.9 Å². The summed E-state index contributed by atoms with van der Waals surface area (Å²) < 4.78 is 0. The largest absolute Gasteiger partial charge is 0.392 e. The molecule has 0 saturated heterocycles. The van der Waals surface area contributed by atoms with Gasteiger partial charge < -0.3 is 5.11 Å². The Balaban J connectivity index is 1.36. The van der Waals surface area contributed by atoms with E-state index in [2.05, 4.69) is 40.7 Å². The summed E-state index contributed by atoms with van der Waals surface area (Å²) in [6, 6.07) is 0. The molecule has 2 heteroatoms. The number of hydrogen-bond acceptors (Lipinski definition) is 2. The van der Waals surface area contributed by atoms with Gasteiger partial charge in [0.25, 0.3) is 0 Å². The second-order valence-corrected chi connectivity index (χ2v) is 13.4. The third-order valence-electron chi connectivity index (χ3n) is 11.3. The van der Waals surface area contributed by atoms with Gasteiger partial charge in [0.1, 0.15) is 5.78 Å². The maximum Gasteiger partial charge on any atom is 0.133 e. The van der Waals surface area contributed by atoms with Crippen LogP contribution in [-0.2, 0) is 4.79 Å². The monoisotopic (exact) mass is 426 g/mol. The summed E-state index contributed by atoms with van der Waals surface area (Å²) in [4.78, 5) is 12.6. The summed E-state index contributed by atoms with van der Waals surface area (Å²) in [7, 11) is 0. The van der Waals surface area contributed by atoms with Crippen LogP contribution in [0.2, 0.25) is 0 Å². The SMILES string of the molecule is CC(C)CC(=O)C[C@@H](C)[C@H]1CC[C@H]2[C@@H]3CC=C4C5(CC5)[C@@H](O)CC[C@]4(C)[C@H]3CC[C@]12C. The maximum atomic E-state index is 12.6. The Morgan fingerprint density at radius 2 is 1.74 bits per heavy atom. The highest BCUT2D eigenvalue weighted by Gasteiger charge is 2.65. The summed E-state index contributed by atoms with van der Waals surface area (Å²) >= 11 is 0. The van der Waals surface area contributed by atoms with E-state index < -0.39 is 0 Å². The molecule has 174 valence electrons. The van der Waals surface area contributed by atoms with Gasteiger partial charge in [-0.3, -0.25) is 4.79 Å². The first-order chi connectivity index (χ1) is 14.6. The first-order valence-electron chi connectivity index (χ1n) is 13.5. The van der Waals surface area contributed by atoms with Crippen LogP contribution in [0.15, 0.2) is 11.6 Å². The third kappa shape index (κ3) is 3.24. The quantitative estimate of drug-likeness (QED) is 0.483. The number of rotatable bonds is 5. The van der Waals surface area contributed by atoms with E-state index in [1.54, 1.807) is 5.57 Å². The van der Waals surface area contributed by atoms with Crippen LogP contribution < -0.4 is 0 Å². The summed E-state index contributed by atoms with van der Waals surface area (Å²) in [6.07, 6.45) is 15.4. The standard InChI is InChI=1S/C29H46O2/c1-18(2)16-20(30)17-19(3)22-7-8-23-21-6-9-25-28(5,24(21)10-12-27(22,23)4)13-11-26(31)29(25)14-15-29/h9,18-19,21-24,26,31H,6-8,10-17H2,1-5H3/t19-,21+,22-,23+,24+,26+,27-,28-/m1/s1. The molecule has 5 rings (SSSR count). The lowest BCUT2D eigenvalue weighted by atomic mass is 9.45. The fraction of sp³-hybridized carbons (Fsp3) is 0.897. The van der Waals surface area contributed by atoms with Crippen LogP contribution in [0.3, 0.4) is 0 Å². The van der Waals surface area contributed by atoms with Gasteiger partial charge in [-0.05, 0) is 104 Å². The van der Waals surface area contributed by atoms with Crippen LogP contribution in [-0.4, -0.2) is 17.0 Å². The number of carbonyl (C=O) groups excluding carboxylic acids is 1. The van der Waals surface area contributed by atoms with E-state index in [-0.39, 0.29) is 11.5 Å². The number of aliphatic hydroxyl groups is 1. The van der Waals surface area contributed by atoms with Gasteiger partial charge in [-0.25, -0.2) is 0 Å². The van der Waals surface area contributed by atoms with Crippen molar-refractivity contribution < 1.29 is 9.90 Å². The average molecular weight is 427 g/mol. The normalized spacial score (nSPS) is 46.2. The Morgan fingerprint density at radius 3 is 2.42 bits per heavy atom. The molecular formula is C29H46O2. The van der Waals surface area contributed by atoms with Crippen LogP contribution in [0, 0.1) is 51.8 Å². The molecule has 0 aliphatic heterocycles. The van der Waals surface area contributed by atoms with Crippen LogP contribution in [0.1, 0.15) is 105 Å². The van der Waals surface area contributed by atoms with Crippen molar-refractivity contribution in [2.75, 3.05) is 0 Å². The second kappa shape index (κ2) is 7.44. The minimum absolute atomic E-state index is 0.0858. The van der Waals surface area contributed by atoms with Crippen molar-refractivity contribution in [2.24, 2.45) is 51.8 Å². The van der Waals surface area contributed by atoms with E-state index >= 15 is 0 Å². The fourth-order valence-corrected chi connectivity index (χ4v) is 9.83. The summed E-state index contributed by atoms with van der Waals surface area (Å²) in [5, 5.41) is 10.8. The van der Waals surface area contributed by atoms with E-state index in [4.69, 9.17) is 0 Å². The molecule has 2 nitrogen and oxygen atoms in total. The van der Waals surface area contributed by atoms with Crippen molar-refractivity contribution in [2.45, 2.75) is 111 Å². The Bertz CT molecular complexity index is 761. The molecule has 0 aromatic carbocycles. The van der Waals surface area contributed by atoms with Crippen molar-refractivity contribution in [3.05, 3.63) is 11.6 Å². The zero-order valence-corrected chi connectivity index (χ0v) is 20.8. The zero-order valence-electron chi connectivity index (χ0n) is 20.8. The van der Waals surface area contributed by atoms with Gasteiger partial charge in [0.05, 0.1) is 6.10 Å². The van der Waals surface area contributed by atoms with Crippen LogP contribution in [0.5, 0.6) is 0 Å². The Morgan fingerprint density at radius 1 is 1.00 bits per heavy atom. The topological polar surface area (TPSA) is 37.3 Å². The number of ketones is 1. The highest BCUT2D eigenvalue weighted by Crippen LogP contribution is 2.72. The van der Waals surface area contributed by atoms with Crippen molar-refractivity contribution >= 4 is 5.78 Å². The minimum Gasteiger partial charge on any atom is -0.392 e. The molecule has 1 spiro atoms. The fourth-order valence-electron chi connectivity index (χ4n) is 9.83. The van der Waals surface area contributed by atoms with Crippen LogP contribution >= 0.6 is 0 Å². The molecule has 0 bridgehead atoms.